The molecule has 25 atom stereocenters. The van der Waals surface area contributed by atoms with E-state index >= 15 is 0 Å². The van der Waals surface area contributed by atoms with E-state index < -0.39 is 159 Å². The second-order valence-corrected chi connectivity index (χ2v) is 29.0. The highest BCUT2D eigenvalue weighted by atomic mass is 32.3. The molecule has 5 heterocycles. The van der Waals surface area contributed by atoms with Crippen molar-refractivity contribution in [1.29, 1.82) is 0 Å². The molecule has 0 aromatic heterocycles. The Labute approximate surface area is 574 Å². The SMILES string of the molecule is C=CCCC1OC1CC(=C)CCC1OC1CCCC/C=C/CC/C=C/CC(C)/C=C/CC(C)CCCCCCC(=O)CCCC(CC(O)CC(=O)CC(O)CCC(O)[C@@H]1C[C@H](O)[C@H](OS(=O)(=O)O)[C@@H](CC(C)O)O1)O[C@@H]1O[C@H](CO[C@@H]2O[C@H](CO)[C@@H](O)[C@H](O)[C@H]2O)[C@@H](O)[C@H](O)[C@H]1O. The normalized spacial score (nSPS) is 32.2. The van der Waals surface area contributed by atoms with Gasteiger partial charge >= 0.3 is 10.4 Å². The van der Waals surface area contributed by atoms with Gasteiger partial charge in [0.2, 0.25) is 0 Å². The Morgan fingerprint density at radius 1 is 0.588 bits per heavy atom. The third-order valence-electron chi connectivity index (χ3n) is 19.0. The van der Waals surface area contributed by atoms with Gasteiger partial charge in [-0.15, -0.1) is 6.58 Å². The number of allylic oxidation sites excluding steroid dienone is 7. The molecule has 0 aliphatic carbocycles. The van der Waals surface area contributed by atoms with E-state index in [2.05, 4.69) is 67.6 Å². The molecule has 13 N–H and O–H groups in total. The summed E-state index contributed by atoms with van der Waals surface area (Å²) in [4.78, 5) is 26.4. The predicted molar refractivity (Wildman–Crippen MR) is 358 cm³/mol. The van der Waals surface area contributed by atoms with Crippen LogP contribution in [0.4, 0.5) is 0 Å². The topological polar surface area (TPSA) is 412 Å². The molecule has 5 saturated heterocycles. The molecule has 0 radical (unpaired) electrons. The summed E-state index contributed by atoms with van der Waals surface area (Å²) in [6, 6.07) is 0. The zero-order valence-corrected chi connectivity index (χ0v) is 58.2. The van der Waals surface area contributed by atoms with E-state index in [9.17, 15) is 83.8 Å². The van der Waals surface area contributed by atoms with Crippen molar-refractivity contribution in [2.75, 3.05) is 13.2 Å². The minimum Gasteiger partial charge on any atom is -0.394 e. The highest BCUT2D eigenvalue weighted by molar-refractivity contribution is 7.80. The minimum absolute atomic E-state index is 0.00463. The van der Waals surface area contributed by atoms with Gasteiger partial charge in [0.15, 0.2) is 12.6 Å². The van der Waals surface area contributed by atoms with Gasteiger partial charge < -0.3 is 94.4 Å². The Morgan fingerprint density at radius 2 is 1.23 bits per heavy atom. The zero-order chi connectivity index (χ0) is 71.2. The smallest absolute Gasteiger partial charge is 0.394 e. The fourth-order valence-electron chi connectivity index (χ4n) is 13.0. The van der Waals surface area contributed by atoms with Gasteiger partial charge in [-0.2, -0.15) is 8.42 Å². The zero-order valence-electron chi connectivity index (χ0n) is 57.4. The second kappa shape index (κ2) is 44.6. The Kier molecular flexibility index (Phi) is 39.0. The van der Waals surface area contributed by atoms with Gasteiger partial charge in [0.1, 0.15) is 66.5 Å². The monoisotopic (exact) mass is 1400 g/mol. The number of aliphatic hydroxyl groups is 12. The molecule has 5 fully saturated rings. The quantitative estimate of drug-likeness (QED) is 0.0156. The van der Waals surface area contributed by atoms with Gasteiger partial charge in [0, 0.05) is 44.9 Å². The number of unbranched alkanes of at least 4 members (excludes halogenated alkanes) is 6. The lowest BCUT2D eigenvalue weighted by molar-refractivity contribution is -0.336. The fourth-order valence-corrected chi connectivity index (χ4v) is 13.5. The largest absolute Gasteiger partial charge is 0.397 e. The Balaban J connectivity index is 0.972. The van der Waals surface area contributed by atoms with Crippen LogP contribution in [0.1, 0.15) is 207 Å². The molecular formula is C71H120O25S. The summed E-state index contributed by atoms with van der Waals surface area (Å²) in [6.07, 6.45) is 6.12. The van der Waals surface area contributed by atoms with Gasteiger partial charge in [-0.25, -0.2) is 4.18 Å². The van der Waals surface area contributed by atoms with Crippen molar-refractivity contribution < 1.29 is 121 Å². The van der Waals surface area contributed by atoms with Crippen LogP contribution in [0.15, 0.2) is 61.3 Å². The molecule has 0 amide bonds. The lowest BCUT2D eigenvalue weighted by Gasteiger charge is -2.43. The second-order valence-electron chi connectivity index (χ2n) is 28.0. The van der Waals surface area contributed by atoms with E-state index in [0.717, 1.165) is 96.3 Å². The number of carbonyl (C=O) groups is 2. The third-order valence-corrected chi connectivity index (χ3v) is 19.4. The van der Waals surface area contributed by atoms with Crippen LogP contribution < -0.4 is 0 Å². The standard InChI is InChI=1S/C71H120O25S/c1-6-7-30-56-59(92-56)36-46(4)32-35-57-55(91-57)31-20-14-12-10-8-9-11-13-17-23-44(2)25-21-26-45(3)24-18-15-16-19-27-48(74)28-22-29-52(90-71-68(85)66(83)64(81)62(95-71)43-89-70-67(84)65(82)63(80)61(42-72)94-70)40-51(77)39-50(76)38-49(75)33-34-53(78)58-41-54(79)69(96-97(86,87)88)60(93-58)37-47(5)73/h6,8,10,13,17,21,25,44-45,47,49,51-73,75,77-85H,1,4,7,9,11-12,14-16,18-20,22-24,26-43H2,2-3,5H3,(H,86,87,88)/b10-8+,17-13+,25-21+/t44?,45?,47?,49?,51?,52?,53?,54-,55?,56?,57?,58-,59?,60+,61+,62+,63+,64+,65-,66-,67+,68+,69-,70+,71+/m0/s1. The van der Waals surface area contributed by atoms with Crippen LogP contribution in [0.5, 0.6) is 0 Å². The van der Waals surface area contributed by atoms with Crippen LogP contribution in [0.25, 0.3) is 0 Å². The summed E-state index contributed by atoms with van der Waals surface area (Å²) in [5.41, 5.74) is 1.28. The van der Waals surface area contributed by atoms with Gasteiger partial charge in [0.05, 0.1) is 86.5 Å². The molecule has 0 bridgehead atoms. The first-order valence-corrected chi connectivity index (χ1v) is 37.1. The third kappa shape index (κ3) is 32.6. The van der Waals surface area contributed by atoms with Crippen LogP contribution in [-0.2, 0) is 57.3 Å². The molecule has 5 aliphatic rings. The Bertz CT molecular complexity index is 2460. The summed E-state index contributed by atoms with van der Waals surface area (Å²) in [5, 5.41) is 127. The molecule has 0 aromatic carbocycles. The summed E-state index contributed by atoms with van der Waals surface area (Å²) in [7, 11) is -5.02. The van der Waals surface area contributed by atoms with Crippen LogP contribution in [0.3, 0.4) is 0 Å². The summed E-state index contributed by atoms with van der Waals surface area (Å²) >= 11 is 0. The predicted octanol–water partition coefficient (Wildman–Crippen LogP) is 5.44. The first-order chi connectivity index (χ1) is 46.2. The van der Waals surface area contributed by atoms with E-state index in [1.165, 1.54) is 25.3 Å². The van der Waals surface area contributed by atoms with Crippen LogP contribution in [0.2, 0.25) is 0 Å². The maximum atomic E-state index is 13.2. The van der Waals surface area contributed by atoms with Crippen molar-refractivity contribution in [2.24, 2.45) is 11.8 Å². The molecule has 0 spiro atoms. The van der Waals surface area contributed by atoms with Gasteiger partial charge in [-0.3, -0.25) is 14.1 Å². The highest BCUT2D eigenvalue weighted by Crippen LogP contribution is 2.37. The number of rotatable bonds is 52. The van der Waals surface area contributed by atoms with Crippen molar-refractivity contribution in [3.8, 4) is 0 Å². The molecule has 560 valence electrons. The molecule has 11 unspecified atom stereocenters. The van der Waals surface area contributed by atoms with Crippen molar-refractivity contribution in [1.82, 2.24) is 0 Å². The van der Waals surface area contributed by atoms with E-state index in [0.29, 0.717) is 49.1 Å². The average molecular weight is 1410 g/mol. The first-order valence-electron chi connectivity index (χ1n) is 35.7. The number of hydrogen-bond acceptors (Lipinski definition) is 24. The van der Waals surface area contributed by atoms with Crippen LogP contribution >= 0.6 is 0 Å². The lowest BCUT2D eigenvalue weighted by atomic mass is 9.90. The van der Waals surface area contributed by atoms with Crippen LogP contribution in [-0.4, -0.2) is 240 Å². The van der Waals surface area contributed by atoms with Crippen molar-refractivity contribution in [3.63, 3.8) is 0 Å². The van der Waals surface area contributed by atoms with E-state index in [4.69, 9.17) is 33.2 Å². The van der Waals surface area contributed by atoms with E-state index in [1.54, 1.807) is 0 Å². The maximum Gasteiger partial charge on any atom is 0.397 e. The first kappa shape index (κ1) is 84.8. The van der Waals surface area contributed by atoms with Crippen molar-refractivity contribution in [2.45, 2.75) is 348 Å². The molecule has 0 aromatic rings. The molecule has 25 nitrogen and oxygen atoms in total. The minimum atomic E-state index is -5.02. The average Bonchev–Trinajstić information content (AvgIpc) is 1.79. The number of ether oxygens (including phenoxy) is 7. The number of epoxide rings is 2. The van der Waals surface area contributed by atoms with Gasteiger partial charge in [0.25, 0.3) is 0 Å². The number of carbonyl (C=O) groups excluding carboxylic acids is 2. The maximum absolute atomic E-state index is 13.2. The number of hydrogen-bond donors (Lipinski definition) is 13. The Hall–Kier alpha value is -2.85. The molecule has 5 rings (SSSR count). The number of aliphatic hydroxyl groups excluding tert-OH is 12. The van der Waals surface area contributed by atoms with Crippen molar-refractivity contribution in [3.05, 3.63) is 61.3 Å². The van der Waals surface area contributed by atoms with Crippen molar-refractivity contribution >= 4 is 22.0 Å². The van der Waals surface area contributed by atoms with Gasteiger partial charge in [-0.1, -0.05) is 101 Å². The molecule has 26 heteroatoms. The fraction of sp³-hybridized carbons (Fsp3) is 0.831. The van der Waals surface area contributed by atoms with E-state index in [1.807, 2.05) is 6.08 Å². The Morgan fingerprint density at radius 3 is 1.94 bits per heavy atom. The molecule has 5 aliphatic heterocycles. The summed E-state index contributed by atoms with van der Waals surface area (Å²) in [6.45, 7) is 12.6. The molecule has 97 heavy (non-hydrogen) atoms. The highest BCUT2D eigenvalue weighted by Gasteiger charge is 2.49. The van der Waals surface area contributed by atoms with E-state index in [-0.39, 0.29) is 57.1 Å². The number of Topliss-reactive ketones (excluding diaryl/α,β-unsaturated/α-hetero) is 2. The summed E-state index contributed by atoms with van der Waals surface area (Å²) < 4.78 is 77.0. The lowest BCUT2D eigenvalue weighted by Crippen LogP contribution is -2.62. The molecular weight excluding hydrogens is 1280 g/mol. The summed E-state index contributed by atoms with van der Waals surface area (Å²) in [5.74, 6) is 0.403. The van der Waals surface area contributed by atoms with Gasteiger partial charge in [-0.05, 0) is 128 Å². The molecule has 0 saturated carbocycles. The van der Waals surface area contributed by atoms with Crippen LogP contribution in [0, 0.1) is 11.8 Å². The number of ketones is 2.